The Balaban J connectivity index is 1.79. The third-order valence-electron chi connectivity index (χ3n) is 4.65. The Hall–Kier alpha value is -2.74. The molecule has 0 unspecified atom stereocenters. The number of anilines is 2. The fraction of sp³-hybridized carbons (Fsp3) is 0.333. The molecule has 7 nitrogen and oxygen atoms in total. The van der Waals surface area contributed by atoms with Crippen LogP contribution in [0.2, 0.25) is 0 Å². The Morgan fingerprint density at radius 1 is 1.38 bits per heavy atom. The molecule has 8 heteroatoms. The zero-order valence-electron chi connectivity index (χ0n) is 20.6. The van der Waals surface area contributed by atoms with E-state index in [1.165, 1.54) is 13.3 Å². The monoisotopic (exact) mass is 460 g/mol. The van der Waals surface area contributed by atoms with Crippen molar-refractivity contribution < 1.29 is 16.4 Å². The first-order chi connectivity index (χ1) is 16.0. The van der Waals surface area contributed by atoms with Gasteiger partial charge in [-0.1, -0.05) is 12.1 Å². The first-order valence-electron chi connectivity index (χ1n) is 11.5. The molecule has 0 radical (unpaired) electrons. The van der Waals surface area contributed by atoms with Crippen LogP contribution in [0, 0.1) is 5.92 Å². The highest BCUT2D eigenvalue weighted by molar-refractivity contribution is 9.10. The lowest BCUT2D eigenvalue weighted by Gasteiger charge is -2.23. The lowest BCUT2D eigenvalue weighted by molar-refractivity contribution is -0.117. The Bertz CT molecular complexity index is 1220. The molecule has 1 fully saturated rings. The van der Waals surface area contributed by atoms with Crippen molar-refractivity contribution in [1.82, 2.24) is 15.2 Å². The summed E-state index contributed by atoms with van der Waals surface area (Å²) in [5, 5.41) is 11.5. The number of carbonyl (C=O) groups excluding carboxylic acids is 1. The van der Waals surface area contributed by atoms with Crippen molar-refractivity contribution in [3.63, 3.8) is 0 Å². The molecule has 1 N–H and O–H groups in total. The quantitative estimate of drug-likeness (QED) is 0.569. The second kappa shape index (κ2) is 8.32. The molecule has 4 rings (SSSR count). The average molecular weight is 461 g/mol. The lowest BCUT2D eigenvalue weighted by Crippen LogP contribution is -2.24. The van der Waals surface area contributed by atoms with E-state index < -0.39 is 13.3 Å². The van der Waals surface area contributed by atoms with E-state index in [-0.39, 0.29) is 35.5 Å². The number of halogens is 1. The second-order valence-electron chi connectivity index (χ2n) is 6.73. The molecule has 0 saturated heterocycles. The van der Waals surface area contributed by atoms with Gasteiger partial charge in [-0.05, 0) is 59.4 Å². The highest BCUT2D eigenvalue weighted by atomic mass is 79.9. The molecule has 0 aliphatic heterocycles. The van der Waals surface area contributed by atoms with E-state index in [2.05, 4.69) is 36.4 Å². The summed E-state index contributed by atoms with van der Waals surface area (Å²) in [6.45, 7) is -5.85. The zero-order chi connectivity index (χ0) is 24.7. The number of nitrogens with zero attached hydrogens (tertiary/aromatic N) is 4. The Labute approximate surface area is 184 Å². The van der Waals surface area contributed by atoms with Gasteiger partial charge < -0.3 is 15.0 Å². The van der Waals surface area contributed by atoms with E-state index in [4.69, 9.17) is 11.6 Å². The molecule has 3 aromatic rings. The predicted octanol–water partition coefficient (Wildman–Crippen LogP) is 4.17. The molecule has 2 heterocycles. The van der Waals surface area contributed by atoms with Gasteiger partial charge in [0.2, 0.25) is 5.91 Å². The topological polar surface area (TPSA) is 80.2 Å². The SMILES string of the molecule is [2H]C([2H])([2H])C([2H])([2H])N(Cc1ccc(OC)cc1)c1ncc(Br)c2cc(NC(=O)C3CC3)nnc12. The predicted molar refractivity (Wildman–Crippen MR) is 116 cm³/mol. The largest absolute Gasteiger partial charge is 0.497 e. The van der Waals surface area contributed by atoms with Crippen LogP contribution in [0.3, 0.4) is 0 Å². The van der Waals surface area contributed by atoms with E-state index in [0.717, 1.165) is 17.7 Å². The molecular weight excluding hydrogens is 434 g/mol. The second-order valence-corrected chi connectivity index (χ2v) is 7.59. The van der Waals surface area contributed by atoms with Crippen molar-refractivity contribution in [2.24, 2.45) is 5.92 Å². The summed E-state index contributed by atoms with van der Waals surface area (Å²) in [6.07, 6.45) is 3.13. The van der Waals surface area contributed by atoms with E-state index in [1.54, 1.807) is 30.3 Å². The van der Waals surface area contributed by atoms with Gasteiger partial charge in [-0.15, -0.1) is 10.2 Å². The molecule has 1 aromatic carbocycles. The Morgan fingerprint density at radius 3 is 2.86 bits per heavy atom. The van der Waals surface area contributed by atoms with Crippen molar-refractivity contribution in [3.8, 4) is 5.75 Å². The normalized spacial score (nSPS) is 16.8. The van der Waals surface area contributed by atoms with Gasteiger partial charge in [-0.2, -0.15) is 0 Å². The number of hydrogen-bond donors (Lipinski definition) is 1. The maximum Gasteiger partial charge on any atom is 0.228 e. The van der Waals surface area contributed by atoms with Gasteiger partial charge >= 0.3 is 0 Å². The number of amides is 1. The van der Waals surface area contributed by atoms with E-state index in [9.17, 15) is 4.79 Å². The van der Waals surface area contributed by atoms with Gasteiger partial charge in [0.05, 0.1) is 7.11 Å². The van der Waals surface area contributed by atoms with Gasteiger partial charge in [0, 0.05) is 41.9 Å². The van der Waals surface area contributed by atoms with Gasteiger partial charge in [0.25, 0.3) is 0 Å². The number of benzene rings is 1. The number of methoxy groups -OCH3 is 1. The number of rotatable bonds is 7. The summed E-state index contributed by atoms with van der Waals surface area (Å²) in [5.74, 6) is 0.748. The van der Waals surface area contributed by atoms with Crippen molar-refractivity contribution in [2.75, 3.05) is 23.8 Å². The average Bonchev–Trinajstić information content (AvgIpc) is 3.64. The van der Waals surface area contributed by atoms with Gasteiger partial charge in [0.15, 0.2) is 11.6 Å². The highest BCUT2D eigenvalue weighted by Gasteiger charge is 2.30. The van der Waals surface area contributed by atoms with E-state index >= 15 is 0 Å². The molecule has 2 aromatic heterocycles. The standard InChI is InChI=1S/C21H22BrN5O2/c1-3-27(12-13-4-8-15(29-2)9-5-13)20-19-16(17(22)11-23-20)10-18(25-26-19)24-21(28)14-6-7-14/h4-5,8-11,14H,3,6-7,12H2,1-2H3,(H,24,25,28)/i1D3,3D2. The van der Waals surface area contributed by atoms with Crippen molar-refractivity contribution in [3.05, 3.63) is 46.6 Å². The summed E-state index contributed by atoms with van der Waals surface area (Å²) in [4.78, 5) is 17.5. The number of hydrogen-bond acceptors (Lipinski definition) is 6. The summed E-state index contributed by atoms with van der Waals surface area (Å²) >= 11 is 3.41. The van der Waals surface area contributed by atoms with Crippen molar-refractivity contribution >= 4 is 44.4 Å². The number of pyridine rings is 1. The van der Waals surface area contributed by atoms with Crippen LogP contribution >= 0.6 is 15.9 Å². The molecule has 1 saturated carbocycles. The fourth-order valence-electron chi connectivity index (χ4n) is 2.90. The zero-order valence-corrected chi connectivity index (χ0v) is 17.2. The Morgan fingerprint density at radius 2 is 2.17 bits per heavy atom. The van der Waals surface area contributed by atoms with E-state index in [0.29, 0.717) is 21.2 Å². The van der Waals surface area contributed by atoms with Gasteiger partial charge in [-0.3, -0.25) is 4.79 Å². The molecule has 1 aliphatic carbocycles. The van der Waals surface area contributed by atoms with Crippen LogP contribution in [0.1, 0.15) is 32.1 Å². The molecule has 150 valence electrons. The first-order valence-corrected chi connectivity index (χ1v) is 9.84. The number of nitrogens with one attached hydrogen (secondary N) is 1. The summed E-state index contributed by atoms with van der Waals surface area (Å²) < 4.78 is 46.1. The molecule has 29 heavy (non-hydrogen) atoms. The minimum absolute atomic E-state index is 0.0135. The maximum absolute atomic E-state index is 12.1. The number of aromatic nitrogens is 3. The summed E-state index contributed by atoms with van der Waals surface area (Å²) in [5.41, 5.74) is 0.841. The number of fused-ring (bicyclic) bond motifs is 1. The summed E-state index contributed by atoms with van der Waals surface area (Å²) in [6, 6.07) is 8.47. The minimum Gasteiger partial charge on any atom is -0.497 e. The van der Waals surface area contributed by atoms with Crippen LogP contribution in [-0.2, 0) is 11.3 Å². The third-order valence-corrected chi connectivity index (χ3v) is 5.28. The van der Waals surface area contributed by atoms with Crippen LogP contribution in [0.4, 0.5) is 11.6 Å². The van der Waals surface area contributed by atoms with Crippen molar-refractivity contribution in [2.45, 2.75) is 26.2 Å². The maximum atomic E-state index is 12.1. The first kappa shape index (κ1) is 14.3. The van der Waals surface area contributed by atoms with Crippen molar-refractivity contribution in [1.29, 1.82) is 0 Å². The van der Waals surface area contributed by atoms with Gasteiger partial charge in [0.1, 0.15) is 11.3 Å². The van der Waals surface area contributed by atoms with Crippen LogP contribution in [0.5, 0.6) is 5.75 Å². The molecule has 0 atom stereocenters. The van der Waals surface area contributed by atoms with Crippen LogP contribution < -0.4 is 15.0 Å². The molecular formula is C21H22BrN5O2. The van der Waals surface area contributed by atoms with E-state index in [1.807, 2.05) is 0 Å². The number of carbonyl (C=O) groups is 1. The summed E-state index contributed by atoms with van der Waals surface area (Å²) in [7, 11) is 1.53. The number of ether oxygens (including phenoxy) is 1. The minimum atomic E-state index is -2.98. The Kier molecular flexibility index (Phi) is 4.10. The van der Waals surface area contributed by atoms with Crippen LogP contribution in [-0.4, -0.2) is 34.7 Å². The van der Waals surface area contributed by atoms with Crippen LogP contribution in [0.25, 0.3) is 10.9 Å². The highest BCUT2D eigenvalue weighted by Crippen LogP contribution is 2.32. The lowest BCUT2D eigenvalue weighted by atomic mass is 10.2. The van der Waals surface area contributed by atoms with Gasteiger partial charge in [-0.25, -0.2) is 4.98 Å². The fourth-order valence-corrected chi connectivity index (χ4v) is 3.31. The third kappa shape index (κ3) is 4.32. The van der Waals surface area contributed by atoms with Crippen LogP contribution in [0.15, 0.2) is 41.0 Å². The molecule has 1 aliphatic rings. The molecule has 0 spiro atoms. The molecule has 1 amide bonds. The molecule has 0 bridgehead atoms. The smallest absolute Gasteiger partial charge is 0.228 e.